The summed E-state index contributed by atoms with van der Waals surface area (Å²) in [7, 11) is 0. The molecule has 53 valence electrons. The Kier molecular flexibility index (Phi) is 9.43. The first-order valence-electron chi connectivity index (χ1n) is 1.56. The Morgan fingerprint density at radius 1 is 1.56 bits per heavy atom. The fourth-order valence-corrected chi connectivity index (χ4v) is 0. The minimum Gasteiger partial charge on any atom is -0.477 e. The maximum absolute atomic E-state index is 11.2. The molecule has 0 unspecified atom stereocenters. The van der Waals surface area contributed by atoms with Crippen LogP contribution in [0.5, 0.6) is 0 Å². The second kappa shape index (κ2) is 5.24. The molecule has 0 aromatic carbocycles. The number of alkyl halides is 2. The molecular formula is C4H7F2O2Y-. The first-order valence-corrected chi connectivity index (χ1v) is 1.56. The summed E-state index contributed by atoms with van der Waals surface area (Å²) in [6, 6.07) is 0. The number of carboxylic acids is 1. The maximum Gasteiger partial charge on any atom is 0.374 e. The van der Waals surface area contributed by atoms with E-state index in [0.29, 0.717) is 6.92 Å². The summed E-state index contributed by atoms with van der Waals surface area (Å²) in [5.41, 5.74) is 0. The number of hydrogen-bond donors (Lipinski definition) is 1. The fourth-order valence-electron chi connectivity index (χ4n) is 0. The fraction of sp³-hybridized carbons (Fsp3) is 0.500. The molecule has 0 saturated carbocycles. The number of halogens is 2. The molecule has 0 aliphatic rings. The van der Waals surface area contributed by atoms with E-state index in [1.165, 1.54) is 0 Å². The summed E-state index contributed by atoms with van der Waals surface area (Å²) in [5.74, 6) is -5.67. The molecule has 0 amide bonds. The number of rotatable bonds is 1. The van der Waals surface area contributed by atoms with Crippen molar-refractivity contribution in [3.63, 3.8) is 0 Å². The Hall–Kier alpha value is 0.434. The largest absolute Gasteiger partial charge is 0.477 e. The summed E-state index contributed by atoms with van der Waals surface area (Å²) in [6.07, 6.45) is 0. The SMILES string of the molecule is CC(F)(F)C(=O)O.[CH3-].[Y]. The zero-order chi connectivity index (χ0) is 6.08. The normalized spacial score (nSPS) is 8.78. The number of carboxylic acid groups (broad SMARTS) is 1. The second-order valence-electron chi connectivity index (χ2n) is 1.19. The summed E-state index contributed by atoms with van der Waals surface area (Å²) in [4.78, 5) is 9.27. The van der Waals surface area contributed by atoms with Crippen LogP contribution in [0.2, 0.25) is 0 Å². The molecule has 0 spiro atoms. The van der Waals surface area contributed by atoms with Crippen LogP contribution in [-0.4, -0.2) is 17.0 Å². The van der Waals surface area contributed by atoms with E-state index in [1.54, 1.807) is 0 Å². The van der Waals surface area contributed by atoms with Crippen LogP contribution in [0.15, 0.2) is 0 Å². The molecule has 1 radical (unpaired) electrons. The van der Waals surface area contributed by atoms with Crippen LogP contribution < -0.4 is 0 Å². The molecule has 9 heavy (non-hydrogen) atoms. The molecule has 2 nitrogen and oxygen atoms in total. The predicted octanol–water partition coefficient (Wildman–Crippen LogP) is 1.17. The van der Waals surface area contributed by atoms with Gasteiger partial charge in [0.25, 0.3) is 0 Å². The minimum atomic E-state index is -3.58. The molecule has 0 aliphatic heterocycles. The average molecular weight is 214 g/mol. The van der Waals surface area contributed by atoms with E-state index in [-0.39, 0.29) is 40.1 Å². The van der Waals surface area contributed by atoms with Crippen molar-refractivity contribution >= 4 is 5.97 Å². The van der Waals surface area contributed by atoms with Gasteiger partial charge in [-0.05, 0) is 0 Å². The van der Waals surface area contributed by atoms with E-state index in [4.69, 9.17) is 5.11 Å². The molecule has 0 bridgehead atoms. The summed E-state index contributed by atoms with van der Waals surface area (Å²) >= 11 is 0. The third-order valence-electron chi connectivity index (χ3n) is 0.376. The second-order valence-corrected chi connectivity index (χ2v) is 1.19. The Balaban J connectivity index is -0.000000180. The third-order valence-corrected chi connectivity index (χ3v) is 0.376. The molecule has 0 aromatic heterocycles. The standard InChI is InChI=1S/C3H4F2O2.CH3.Y/c1-3(4,5)2(6)7;;/h1H3,(H,6,7);1H3;/q;-1;. The van der Waals surface area contributed by atoms with Crippen LogP contribution in [0.25, 0.3) is 0 Å². The van der Waals surface area contributed by atoms with E-state index in [9.17, 15) is 13.6 Å². The topological polar surface area (TPSA) is 37.3 Å². The van der Waals surface area contributed by atoms with Crippen LogP contribution in [-0.2, 0) is 37.5 Å². The Labute approximate surface area is 77.5 Å². The van der Waals surface area contributed by atoms with Gasteiger partial charge >= 0.3 is 11.9 Å². The molecular weight excluding hydrogens is 207 g/mol. The molecule has 1 N–H and O–H groups in total. The van der Waals surface area contributed by atoms with Crippen LogP contribution in [0.3, 0.4) is 0 Å². The van der Waals surface area contributed by atoms with Gasteiger partial charge in [0.05, 0.1) is 0 Å². The number of hydrogen-bond acceptors (Lipinski definition) is 1. The quantitative estimate of drug-likeness (QED) is 0.665. The van der Waals surface area contributed by atoms with E-state index >= 15 is 0 Å². The van der Waals surface area contributed by atoms with Gasteiger partial charge < -0.3 is 12.5 Å². The van der Waals surface area contributed by atoms with E-state index < -0.39 is 11.9 Å². The van der Waals surface area contributed by atoms with Gasteiger partial charge in [0.1, 0.15) is 0 Å². The van der Waals surface area contributed by atoms with Crippen LogP contribution >= 0.6 is 0 Å². The van der Waals surface area contributed by atoms with Crippen molar-refractivity contribution in [1.82, 2.24) is 0 Å². The van der Waals surface area contributed by atoms with Gasteiger partial charge in [-0.3, -0.25) is 0 Å². The molecule has 0 atom stereocenters. The molecule has 0 aliphatic carbocycles. The number of aliphatic carboxylic acids is 1. The molecule has 0 aromatic rings. The first-order chi connectivity index (χ1) is 2.94. The predicted molar refractivity (Wildman–Crippen MR) is 24.7 cm³/mol. The van der Waals surface area contributed by atoms with Gasteiger partial charge in [-0.2, -0.15) is 8.78 Å². The maximum atomic E-state index is 11.2. The van der Waals surface area contributed by atoms with E-state index in [0.717, 1.165) is 0 Å². The molecule has 5 heteroatoms. The Morgan fingerprint density at radius 3 is 1.67 bits per heavy atom. The molecule has 0 rings (SSSR count). The van der Waals surface area contributed by atoms with E-state index in [1.807, 2.05) is 0 Å². The first kappa shape index (κ1) is 16.2. The third kappa shape index (κ3) is 8.43. The van der Waals surface area contributed by atoms with Crippen molar-refractivity contribution in [3.8, 4) is 0 Å². The zero-order valence-electron chi connectivity index (χ0n) is 5.19. The number of carbonyl (C=O) groups is 1. The smallest absolute Gasteiger partial charge is 0.374 e. The van der Waals surface area contributed by atoms with Gasteiger partial charge in [0.15, 0.2) is 0 Å². The van der Waals surface area contributed by atoms with Crippen molar-refractivity contribution in [2.45, 2.75) is 12.8 Å². The van der Waals surface area contributed by atoms with E-state index in [2.05, 4.69) is 0 Å². The van der Waals surface area contributed by atoms with Crippen molar-refractivity contribution < 1.29 is 51.4 Å². The van der Waals surface area contributed by atoms with Crippen molar-refractivity contribution in [2.75, 3.05) is 0 Å². The Bertz CT molecular complexity index is 89.1. The van der Waals surface area contributed by atoms with Gasteiger partial charge in [0.2, 0.25) is 0 Å². The van der Waals surface area contributed by atoms with Crippen LogP contribution in [0.4, 0.5) is 8.78 Å². The average Bonchev–Trinajstić information content (AvgIpc) is 1.31. The summed E-state index contributed by atoms with van der Waals surface area (Å²) in [5, 5.41) is 7.50. The molecule has 0 fully saturated rings. The zero-order valence-corrected chi connectivity index (χ0v) is 8.03. The van der Waals surface area contributed by atoms with Crippen LogP contribution in [0.1, 0.15) is 6.92 Å². The van der Waals surface area contributed by atoms with Gasteiger partial charge in [-0.1, -0.05) is 0 Å². The Morgan fingerprint density at radius 2 is 1.67 bits per heavy atom. The molecule has 0 saturated heterocycles. The van der Waals surface area contributed by atoms with Gasteiger partial charge in [-0.25, -0.2) is 4.79 Å². The van der Waals surface area contributed by atoms with Crippen molar-refractivity contribution in [2.24, 2.45) is 0 Å². The summed E-state index contributed by atoms with van der Waals surface area (Å²) in [6.45, 7) is 0.329. The monoisotopic (exact) mass is 214 g/mol. The van der Waals surface area contributed by atoms with Crippen molar-refractivity contribution in [1.29, 1.82) is 0 Å². The van der Waals surface area contributed by atoms with Crippen LogP contribution in [0, 0.1) is 7.43 Å². The minimum absolute atomic E-state index is 0. The summed E-state index contributed by atoms with van der Waals surface area (Å²) < 4.78 is 22.5. The molecule has 0 heterocycles. The van der Waals surface area contributed by atoms with Gasteiger partial charge in [0, 0.05) is 39.6 Å². The van der Waals surface area contributed by atoms with Crippen molar-refractivity contribution in [3.05, 3.63) is 7.43 Å². The van der Waals surface area contributed by atoms with Gasteiger partial charge in [-0.15, -0.1) is 0 Å².